The molecule has 2 N–H and O–H groups in total. The molecule has 0 aliphatic rings. The van der Waals surface area contributed by atoms with Crippen LogP contribution in [0.3, 0.4) is 0 Å². The van der Waals surface area contributed by atoms with Gasteiger partial charge in [0, 0.05) is 35.9 Å². The van der Waals surface area contributed by atoms with Gasteiger partial charge in [-0.05, 0) is 50.5 Å². The number of hydrogen-bond donors (Lipinski definition) is 2. The fourth-order valence-corrected chi connectivity index (χ4v) is 3.58. The predicted octanol–water partition coefficient (Wildman–Crippen LogP) is 5.21. The number of aryl methyl sites for hydroxylation is 2. The maximum absolute atomic E-state index is 5.92. The number of nitrogens with one attached hydrogen (secondary N) is 2. The van der Waals surface area contributed by atoms with Crippen LogP contribution >= 0.6 is 0 Å². The highest BCUT2D eigenvalue weighted by Gasteiger charge is 2.15. The molecule has 34 heavy (non-hydrogen) atoms. The van der Waals surface area contributed by atoms with Crippen LogP contribution in [0.25, 0.3) is 22.3 Å². The van der Waals surface area contributed by atoms with Crippen LogP contribution in [-0.4, -0.2) is 42.9 Å². The van der Waals surface area contributed by atoms with E-state index in [9.17, 15) is 0 Å². The van der Waals surface area contributed by atoms with Crippen LogP contribution in [0.5, 0.6) is 5.75 Å². The zero-order chi connectivity index (χ0) is 24.3. The average molecular weight is 461 g/mol. The number of hydrogen-bond acceptors (Lipinski definition) is 8. The molecule has 0 amide bonds. The monoisotopic (exact) mass is 460 g/mol. The molecule has 0 aliphatic carbocycles. The number of fused-ring (bicyclic) bond motifs is 1. The minimum absolute atomic E-state index is 0.113. The van der Waals surface area contributed by atoms with E-state index < -0.39 is 0 Å². The van der Waals surface area contributed by atoms with E-state index in [1.807, 2.05) is 48.9 Å². The molecule has 0 fully saturated rings. The molecule has 0 saturated carbocycles. The van der Waals surface area contributed by atoms with Crippen LogP contribution in [-0.2, 0) is 6.54 Å². The maximum Gasteiger partial charge on any atom is 0.227 e. The van der Waals surface area contributed by atoms with Crippen molar-refractivity contribution in [1.82, 2.24) is 29.7 Å². The first-order valence-electron chi connectivity index (χ1n) is 11.6. The van der Waals surface area contributed by atoms with Crippen LogP contribution in [0.4, 0.5) is 17.5 Å². The molecule has 0 radical (unpaired) electrons. The molecule has 9 heteroatoms. The second kappa shape index (κ2) is 9.62. The molecule has 3 heterocycles. The highest BCUT2D eigenvalue weighted by molar-refractivity contribution is 5.89. The molecule has 4 rings (SSSR count). The van der Waals surface area contributed by atoms with Crippen molar-refractivity contribution in [2.45, 2.75) is 48.1 Å². The van der Waals surface area contributed by atoms with Crippen molar-refractivity contribution in [3.63, 3.8) is 0 Å². The number of rotatable bonds is 8. The number of nitrogens with zero attached hydrogens (tertiary/aromatic N) is 6. The van der Waals surface area contributed by atoms with E-state index in [1.165, 1.54) is 0 Å². The molecular weight excluding hydrogens is 428 g/mol. The van der Waals surface area contributed by atoms with Gasteiger partial charge < -0.3 is 19.9 Å². The normalized spacial score (nSPS) is 11.6. The third kappa shape index (κ3) is 5.24. The van der Waals surface area contributed by atoms with E-state index >= 15 is 0 Å². The van der Waals surface area contributed by atoms with Gasteiger partial charge in [-0.15, -0.1) is 10.2 Å². The molecular formula is C25H32N8O. The number of aromatic nitrogens is 6. The Kier molecular flexibility index (Phi) is 6.63. The van der Waals surface area contributed by atoms with Crippen LogP contribution in [0, 0.1) is 12.3 Å². The first kappa shape index (κ1) is 23.4. The van der Waals surface area contributed by atoms with Gasteiger partial charge in [0.15, 0.2) is 11.6 Å². The van der Waals surface area contributed by atoms with Gasteiger partial charge in [-0.3, -0.25) is 0 Å². The third-order valence-electron chi connectivity index (χ3n) is 5.22. The van der Waals surface area contributed by atoms with E-state index in [1.54, 1.807) is 6.33 Å². The van der Waals surface area contributed by atoms with Crippen molar-refractivity contribution in [2.75, 3.05) is 23.8 Å². The fourth-order valence-electron chi connectivity index (χ4n) is 3.58. The standard InChI is InChI=1S/C25H32N8O/c1-7-33-15-28-32-23(33)17-9-10-19(20(12-17)34-8-2)30-24-26-13-18-11-16(3)29-22(21(18)31-24)27-14-25(4,5)6/h9-13,15H,7-8,14H2,1-6H3,(H,27,29)(H,26,30,31). The molecule has 0 aliphatic heterocycles. The molecule has 0 bridgehead atoms. The summed E-state index contributed by atoms with van der Waals surface area (Å²) in [6, 6.07) is 7.90. The number of benzene rings is 1. The van der Waals surface area contributed by atoms with Gasteiger partial charge >= 0.3 is 0 Å². The summed E-state index contributed by atoms with van der Waals surface area (Å²) in [5.41, 5.74) is 3.51. The molecule has 9 nitrogen and oxygen atoms in total. The Hall–Kier alpha value is -3.75. The smallest absolute Gasteiger partial charge is 0.227 e. The van der Waals surface area contributed by atoms with Crippen molar-refractivity contribution in [1.29, 1.82) is 0 Å². The van der Waals surface area contributed by atoms with Gasteiger partial charge in [-0.1, -0.05) is 20.8 Å². The van der Waals surface area contributed by atoms with Crippen molar-refractivity contribution in [3.8, 4) is 17.1 Å². The molecule has 178 valence electrons. The molecule has 1 aromatic carbocycles. The summed E-state index contributed by atoms with van der Waals surface area (Å²) < 4.78 is 7.92. The summed E-state index contributed by atoms with van der Waals surface area (Å²) in [5.74, 6) is 2.73. The fraction of sp³-hybridized carbons (Fsp3) is 0.400. The van der Waals surface area contributed by atoms with Crippen LogP contribution in [0.15, 0.2) is 36.8 Å². The average Bonchev–Trinajstić information content (AvgIpc) is 3.27. The van der Waals surface area contributed by atoms with E-state index in [0.29, 0.717) is 18.3 Å². The number of pyridine rings is 1. The second-order valence-corrected chi connectivity index (χ2v) is 9.37. The van der Waals surface area contributed by atoms with Crippen LogP contribution < -0.4 is 15.4 Å². The molecule has 0 saturated heterocycles. The lowest BCUT2D eigenvalue weighted by atomic mass is 9.97. The summed E-state index contributed by atoms with van der Waals surface area (Å²) in [4.78, 5) is 14.0. The summed E-state index contributed by atoms with van der Waals surface area (Å²) in [6.45, 7) is 14.6. The van der Waals surface area contributed by atoms with E-state index in [4.69, 9.17) is 9.72 Å². The topological polar surface area (TPSA) is 103 Å². The van der Waals surface area contributed by atoms with Crippen molar-refractivity contribution >= 4 is 28.4 Å². The highest BCUT2D eigenvalue weighted by Crippen LogP contribution is 2.32. The summed E-state index contributed by atoms with van der Waals surface area (Å²) in [6.07, 6.45) is 3.55. The Labute approximate surface area is 200 Å². The predicted molar refractivity (Wildman–Crippen MR) is 136 cm³/mol. The quantitative estimate of drug-likeness (QED) is 0.369. The van der Waals surface area contributed by atoms with Crippen molar-refractivity contribution in [2.24, 2.45) is 5.41 Å². The largest absolute Gasteiger partial charge is 0.492 e. The van der Waals surface area contributed by atoms with Gasteiger partial charge in [0.2, 0.25) is 5.95 Å². The van der Waals surface area contributed by atoms with Gasteiger partial charge in [-0.25, -0.2) is 15.0 Å². The van der Waals surface area contributed by atoms with E-state index in [2.05, 4.69) is 58.5 Å². The van der Waals surface area contributed by atoms with E-state index in [-0.39, 0.29) is 5.41 Å². The molecule has 0 unspecified atom stereocenters. The number of ether oxygens (including phenoxy) is 1. The zero-order valence-corrected chi connectivity index (χ0v) is 20.7. The van der Waals surface area contributed by atoms with Gasteiger partial charge in [0.1, 0.15) is 17.6 Å². The Morgan fingerprint density at radius 1 is 1.09 bits per heavy atom. The lowest BCUT2D eigenvalue weighted by molar-refractivity contribution is 0.342. The summed E-state index contributed by atoms with van der Waals surface area (Å²) >= 11 is 0. The Morgan fingerprint density at radius 3 is 2.65 bits per heavy atom. The SMILES string of the molecule is CCOc1cc(-c2nncn2CC)ccc1Nc1ncc2cc(C)nc(NCC(C)(C)C)c2n1. The first-order valence-corrected chi connectivity index (χ1v) is 11.6. The Morgan fingerprint density at radius 2 is 1.91 bits per heavy atom. The summed E-state index contributed by atoms with van der Waals surface area (Å²) in [7, 11) is 0. The summed E-state index contributed by atoms with van der Waals surface area (Å²) in [5, 5.41) is 16.0. The second-order valence-electron chi connectivity index (χ2n) is 9.37. The van der Waals surface area contributed by atoms with Crippen LogP contribution in [0.1, 0.15) is 40.3 Å². The minimum atomic E-state index is 0.113. The Bertz CT molecular complexity index is 1290. The molecule has 0 atom stereocenters. The molecule has 0 spiro atoms. The maximum atomic E-state index is 5.92. The first-order chi connectivity index (χ1) is 16.3. The van der Waals surface area contributed by atoms with Crippen LogP contribution in [0.2, 0.25) is 0 Å². The molecule has 3 aromatic heterocycles. The van der Waals surface area contributed by atoms with Gasteiger partial charge in [0.25, 0.3) is 0 Å². The zero-order valence-electron chi connectivity index (χ0n) is 20.7. The number of anilines is 3. The lowest BCUT2D eigenvalue weighted by Gasteiger charge is -2.20. The molecule has 4 aromatic rings. The lowest BCUT2D eigenvalue weighted by Crippen LogP contribution is -2.20. The Balaban J connectivity index is 1.68. The van der Waals surface area contributed by atoms with Gasteiger partial charge in [0.05, 0.1) is 12.3 Å². The highest BCUT2D eigenvalue weighted by atomic mass is 16.5. The van der Waals surface area contributed by atoms with Gasteiger partial charge in [-0.2, -0.15) is 0 Å². The third-order valence-corrected chi connectivity index (χ3v) is 5.22. The van der Waals surface area contributed by atoms with Crippen molar-refractivity contribution < 1.29 is 4.74 Å². The minimum Gasteiger partial charge on any atom is -0.492 e. The van der Waals surface area contributed by atoms with E-state index in [0.717, 1.165) is 52.6 Å². The van der Waals surface area contributed by atoms with Crippen molar-refractivity contribution in [3.05, 3.63) is 42.5 Å².